The van der Waals surface area contributed by atoms with Crippen molar-refractivity contribution in [2.45, 2.75) is 65.1 Å². The maximum Gasteiger partial charge on any atom is 0.323 e. The van der Waals surface area contributed by atoms with Crippen LogP contribution in [0.2, 0.25) is 0 Å². The number of imide groups is 1. The molecule has 1 fully saturated rings. The van der Waals surface area contributed by atoms with E-state index >= 15 is 0 Å². The van der Waals surface area contributed by atoms with Crippen molar-refractivity contribution in [1.29, 1.82) is 0 Å². The zero-order valence-electron chi connectivity index (χ0n) is 14.0. The van der Waals surface area contributed by atoms with Crippen molar-refractivity contribution in [2.24, 2.45) is 5.92 Å². The normalized spacial score (nSPS) is 16.1. The highest BCUT2D eigenvalue weighted by Gasteiger charge is 2.28. The zero-order chi connectivity index (χ0) is 16.9. The van der Waals surface area contributed by atoms with E-state index in [1.165, 1.54) is 0 Å². The molecule has 0 radical (unpaired) electrons. The molecule has 1 aliphatic carbocycles. The van der Waals surface area contributed by atoms with Crippen LogP contribution in [0.5, 0.6) is 0 Å². The molecule has 7 heteroatoms. The summed E-state index contributed by atoms with van der Waals surface area (Å²) in [6.45, 7) is 8.96. The Labute approximate surface area is 131 Å². The number of ether oxygens (including phenoxy) is 1. The standard InChI is InChI=1S/C15H27N3O4/c1-9(2)12(13(20)22-15(3,4)5)16-8-11(19)18-14(21)17-10-6-7-10/h9-10,12,16H,6-8H2,1-5H3,(H2,17,18,19,21)/t12-/m0/s1. The molecule has 0 aliphatic heterocycles. The van der Waals surface area contributed by atoms with E-state index in [2.05, 4.69) is 16.0 Å². The second-order valence-corrected chi connectivity index (χ2v) is 6.93. The summed E-state index contributed by atoms with van der Waals surface area (Å²) in [5, 5.41) is 7.74. The third kappa shape index (κ3) is 7.40. The number of esters is 1. The molecule has 22 heavy (non-hydrogen) atoms. The number of amides is 3. The number of hydrogen-bond donors (Lipinski definition) is 3. The van der Waals surface area contributed by atoms with E-state index in [9.17, 15) is 14.4 Å². The molecule has 0 aromatic carbocycles. The van der Waals surface area contributed by atoms with E-state index in [4.69, 9.17) is 4.74 Å². The lowest BCUT2D eigenvalue weighted by Gasteiger charge is -2.26. The lowest BCUT2D eigenvalue weighted by molar-refractivity contribution is -0.158. The van der Waals surface area contributed by atoms with E-state index < -0.39 is 29.6 Å². The molecular weight excluding hydrogens is 286 g/mol. The van der Waals surface area contributed by atoms with Crippen molar-refractivity contribution in [3.8, 4) is 0 Å². The minimum atomic E-state index is -0.600. The monoisotopic (exact) mass is 313 g/mol. The van der Waals surface area contributed by atoms with Crippen molar-refractivity contribution < 1.29 is 19.1 Å². The molecule has 0 aromatic heterocycles. The van der Waals surface area contributed by atoms with Gasteiger partial charge in [0.15, 0.2) is 0 Å². The van der Waals surface area contributed by atoms with Crippen LogP contribution in [0, 0.1) is 5.92 Å². The second kappa shape index (κ2) is 7.58. The minimum absolute atomic E-state index is 0.0389. The Kier molecular flexibility index (Phi) is 6.34. The highest BCUT2D eigenvalue weighted by molar-refractivity contribution is 5.95. The van der Waals surface area contributed by atoms with Crippen molar-refractivity contribution in [3.05, 3.63) is 0 Å². The molecule has 7 nitrogen and oxygen atoms in total. The summed E-state index contributed by atoms with van der Waals surface area (Å²) in [6, 6.07) is -0.907. The van der Waals surface area contributed by atoms with Gasteiger partial charge in [0.25, 0.3) is 0 Å². The Morgan fingerprint density at radius 1 is 1.18 bits per heavy atom. The molecular formula is C15H27N3O4. The number of carbonyl (C=O) groups is 3. The molecule has 0 aromatic rings. The molecule has 0 bridgehead atoms. The first-order valence-corrected chi connectivity index (χ1v) is 7.65. The van der Waals surface area contributed by atoms with E-state index in [0.29, 0.717) is 0 Å². The van der Waals surface area contributed by atoms with E-state index in [0.717, 1.165) is 12.8 Å². The van der Waals surface area contributed by atoms with Crippen molar-refractivity contribution in [3.63, 3.8) is 0 Å². The van der Waals surface area contributed by atoms with Crippen LogP contribution < -0.4 is 16.0 Å². The predicted molar refractivity (Wildman–Crippen MR) is 82.2 cm³/mol. The highest BCUT2D eigenvalue weighted by atomic mass is 16.6. The van der Waals surface area contributed by atoms with Gasteiger partial charge in [-0.25, -0.2) is 4.79 Å². The molecule has 0 heterocycles. The van der Waals surface area contributed by atoms with Gasteiger partial charge in [-0.1, -0.05) is 13.8 Å². The Balaban J connectivity index is 2.40. The number of hydrogen-bond acceptors (Lipinski definition) is 5. The molecule has 0 unspecified atom stereocenters. The van der Waals surface area contributed by atoms with Crippen LogP contribution in [0.4, 0.5) is 4.79 Å². The van der Waals surface area contributed by atoms with Crippen molar-refractivity contribution in [2.75, 3.05) is 6.54 Å². The second-order valence-electron chi connectivity index (χ2n) is 6.93. The topological polar surface area (TPSA) is 96.5 Å². The Morgan fingerprint density at radius 2 is 1.77 bits per heavy atom. The van der Waals surface area contributed by atoms with Gasteiger partial charge < -0.3 is 10.1 Å². The quantitative estimate of drug-likeness (QED) is 0.634. The van der Waals surface area contributed by atoms with Gasteiger partial charge in [0, 0.05) is 6.04 Å². The average molecular weight is 313 g/mol. The molecule has 3 amide bonds. The number of urea groups is 1. The van der Waals surface area contributed by atoms with E-state index in [-0.39, 0.29) is 18.5 Å². The summed E-state index contributed by atoms with van der Waals surface area (Å²) < 4.78 is 5.32. The molecule has 1 aliphatic rings. The summed E-state index contributed by atoms with van der Waals surface area (Å²) in [5.74, 6) is -0.923. The average Bonchev–Trinajstić information content (AvgIpc) is 3.09. The maximum absolute atomic E-state index is 12.1. The van der Waals surface area contributed by atoms with Crippen LogP contribution in [0.1, 0.15) is 47.5 Å². The van der Waals surface area contributed by atoms with Crippen molar-refractivity contribution in [1.82, 2.24) is 16.0 Å². The van der Waals surface area contributed by atoms with Crippen LogP contribution in [-0.2, 0) is 14.3 Å². The molecule has 1 saturated carbocycles. The van der Waals surface area contributed by atoms with Gasteiger partial charge in [0.2, 0.25) is 5.91 Å². The molecule has 0 saturated heterocycles. The molecule has 126 valence electrons. The summed E-state index contributed by atoms with van der Waals surface area (Å²) in [5.41, 5.74) is -0.585. The third-order valence-corrected chi connectivity index (χ3v) is 2.98. The summed E-state index contributed by atoms with van der Waals surface area (Å²) in [7, 11) is 0. The fourth-order valence-electron chi connectivity index (χ4n) is 1.78. The van der Waals surface area contributed by atoms with Gasteiger partial charge in [0.05, 0.1) is 6.54 Å². The number of carbonyl (C=O) groups excluding carboxylic acids is 3. The van der Waals surface area contributed by atoms with Crippen LogP contribution in [0.3, 0.4) is 0 Å². The molecule has 1 atom stereocenters. The lowest BCUT2D eigenvalue weighted by Crippen LogP contribution is -2.50. The first-order valence-electron chi connectivity index (χ1n) is 7.65. The first-order chi connectivity index (χ1) is 10.1. The third-order valence-electron chi connectivity index (χ3n) is 2.98. The van der Waals surface area contributed by atoms with Gasteiger partial charge in [0.1, 0.15) is 11.6 Å². The van der Waals surface area contributed by atoms with Crippen LogP contribution in [0.25, 0.3) is 0 Å². The largest absolute Gasteiger partial charge is 0.459 e. The van der Waals surface area contributed by atoms with E-state index in [1.54, 1.807) is 20.8 Å². The Hall–Kier alpha value is -1.63. The smallest absolute Gasteiger partial charge is 0.323 e. The zero-order valence-corrected chi connectivity index (χ0v) is 14.0. The van der Waals surface area contributed by atoms with E-state index in [1.807, 2.05) is 13.8 Å². The number of nitrogens with one attached hydrogen (secondary N) is 3. The van der Waals surface area contributed by atoms with Gasteiger partial charge in [-0.3, -0.25) is 20.2 Å². The first kappa shape index (κ1) is 18.4. The summed E-state index contributed by atoms with van der Waals surface area (Å²) >= 11 is 0. The lowest BCUT2D eigenvalue weighted by atomic mass is 10.0. The minimum Gasteiger partial charge on any atom is -0.459 e. The molecule has 1 rings (SSSR count). The highest BCUT2D eigenvalue weighted by Crippen LogP contribution is 2.18. The maximum atomic E-state index is 12.1. The summed E-state index contributed by atoms with van der Waals surface area (Å²) in [4.78, 5) is 35.2. The van der Waals surface area contributed by atoms with Crippen LogP contribution in [-0.4, -0.2) is 42.1 Å². The van der Waals surface area contributed by atoms with Gasteiger partial charge in [-0.05, 0) is 39.5 Å². The van der Waals surface area contributed by atoms with Crippen molar-refractivity contribution >= 4 is 17.9 Å². The predicted octanol–water partition coefficient (Wildman–Crippen LogP) is 0.931. The Bertz CT molecular complexity index is 425. The molecule has 3 N–H and O–H groups in total. The SMILES string of the molecule is CC(C)[C@H](NCC(=O)NC(=O)NC1CC1)C(=O)OC(C)(C)C. The fourth-order valence-corrected chi connectivity index (χ4v) is 1.78. The summed E-state index contributed by atoms with van der Waals surface area (Å²) in [6.07, 6.45) is 1.90. The Morgan fingerprint density at radius 3 is 2.23 bits per heavy atom. The number of rotatable bonds is 6. The van der Waals surface area contributed by atoms with Gasteiger partial charge in [-0.15, -0.1) is 0 Å². The van der Waals surface area contributed by atoms with Gasteiger partial charge >= 0.3 is 12.0 Å². The van der Waals surface area contributed by atoms with Gasteiger partial charge in [-0.2, -0.15) is 0 Å². The molecule has 0 spiro atoms. The van der Waals surface area contributed by atoms with Crippen LogP contribution in [0.15, 0.2) is 0 Å². The fraction of sp³-hybridized carbons (Fsp3) is 0.800. The van der Waals surface area contributed by atoms with Crippen LogP contribution >= 0.6 is 0 Å².